The summed E-state index contributed by atoms with van der Waals surface area (Å²) in [6.07, 6.45) is 1.81. The minimum Gasteiger partial charge on any atom is -0.507 e. The zero-order chi connectivity index (χ0) is 11.0. The lowest BCUT2D eigenvalue weighted by Crippen LogP contribution is -1.83. The molecule has 0 saturated heterocycles. The Morgan fingerprint density at radius 2 is 1.93 bits per heavy atom. The van der Waals surface area contributed by atoms with Crippen LogP contribution in [0.1, 0.15) is 30.7 Å². The third kappa shape index (κ3) is 1.41. The summed E-state index contributed by atoms with van der Waals surface area (Å²) in [5.74, 6) is 1.25. The molecule has 0 radical (unpaired) electrons. The zero-order valence-electron chi connectivity index (χ0n) is 9.42. The largest absolute Gasteiger partial charge is 0.507 e. The van der Waals surface area contributed by atoms with E-state index in [0.717, 1.165) is 40.7 Å². The summed E-state index contributed by atoms with van der Waals surface area (Å²) in [4.78, 5) is 0. The summed E-state index contributed by atoms with van der Waals surface area (Å²) in [5, 5.41) is 10.8. The van der Waals surface area contributed by atoms with E-state index < -0.39 is 0 Å². The van der Waals surface area contributed by atoms with Crippen LogP contribution in [0.3, 0.4) is 0 Å². The molecular formula is C13H16O2. The molecule has 0 saturated carbocycles. The second-order valence-electron chi connectivity index (χ2n) is 3.79. The minimum atomic E-state index is 0.330. The number of furan rings is 1. The number of hydrogen-bond acceptors (Lipinski definition) is 2. The fourth-order valence-electron chi connectivity index (χ4n) is 2.12. The molecule has 0 spiro atoms. The van der Waals surface area contributed by atoms with Crippen molar-refractivity contribution < 1.29 is 9.52 Å². The molecule has 0 atom stereocenters. The highest BCUT2D eigenvalue weighted by Gasteiger charge is 2.15. The fraction of sp³-hybridized carbons (Fsp3) is 0.385. The molecule has 0 unspecified atom stereocenters. The summed E-state index contributed by atoms with van der Waals surface area (Å²) in [6, 6.07) is 3.69. The van der Waals surface area contributed by atoms with E-state index in [9.17, 15) is 5.11 Å². The van der Waals surface area contributed by atoms with Gasteiger partial charge in [-0.3, -0.25) is 0 Å². The van der Waals surface area contributed by atoms with E-state index in [4.69, 9.17) is 4.42 Å². The Balaban J connectivity index is 2.87. The highest BCUT2D eigenvalue weighted by molar-refractivity contribution is 5.90. The van der Waals surface area contributed by atoms with Crippen molar-refractivity contribution in [3.8, 4) is 5.75 Å². The normalized spacial score (nSPS) is 11.1. The Kier molecular flexibility index (Phi) is 2.43. The van der Waals surface area contributed by atoms with Gasteiger partial charge in [-0.05, 0) is 31.4 Å². The highest BCUT2D eigenvalue weighted by Crippen LogP contribution is 2.35. The Bertz CT molecular complexity index is 495. The van der Waals surface area contributed by atoms with Gasteiger partial charge in [-0.15, -0.1) is 0 Å². The van der Waals surface area contributed by atoms with Gasteiger partial charge >= 0.3 is 0 Å². The first-order valence-electron chi connectivity index (χ1n) is 5.41. The van der Waals surface area contributed by atoms with Gasteiger partial charge in [0.1, 0.15) is 17.1 Å². The van der Waals surface area contributed by atoms with Crippen LogP contribution >= 0.6 is 0 Å². The highest BCUT2D eigenvalue weighted by atomic mass is 16.3. The number of rotatable bonds is 2. The lowest BCUT2D eigenvalue weighted by Gasteiger charge is -2.01. The van der Waals surface area contributed by atoms with Crippen molar-refractivity contribution in [3.05, 3.63) is 29.0 Å². The van der Waals surface area contributed by atoms with Gasteiger partial charge in [0.05, 0.1) is 5.39 Å². The monoisotopic (exact) mass is 204 g/mol. The predicted molar refractivity (Wildman–Crippen MR) is 61.4 cm³/mol. The molecule has 0 fully saturated rings. The van der Waals surface area contributed by atoms with E-state index in [2.05, 4.69) is 13.8 Å². The molecule has 2 rings (SSSR count). The van der Waals surface area contributed by atoms with E-state index in [-0.39, 0.29) is 0 Å². The van der Waals surface area contributed by atoms with E-state index in [0.29, 0.717) is 5.75 Å². The van der Waals surface area contributed by atoms with Crippen LogP contribution in [0.4, 0.5) is 0 Å². The first-order chi connectivity index (χ1) is 7.19. The third-order valence-corrected chi connectivity index (χ3v) is 2.93. The van der Waals surface area contributed by atoms with Crippen molar-refractivity contribution in [1.82, 2.24) is 0 Å². The van der Waals surface area contributed by atoms with Crippen LogP contribution in [0.2, 0.25) is 0 Å². The second kappa shape index (κ2) is 3.61. The van der Waals surface area contributed by atoms with Gasteiger partial charge in [-0.25, -0.2) is 0 Å². The van der Waals surface area contributed by atoms with Gasteiger partial charge in [0, 0.05) is 5.56 Å². The quantitative estimate of drug-likeness (QED) is 0.811. The number of aromatic hydroxyl groups is 1. The first kappa shape index (κ1) is 10.1. The first-order valence-corrected chi connectivity index (χ1v) is 5.41. The van der Waals surface area contributed by atoms with Gasteiger partial charge in [0.2, 0.25) is 0 Å². The standard InChI is InChI=1S/C13H16O2/c1-4-9-6-7-11(14)12-10(5-2)8(3)15-13(9)12/h6-7,14H,4-5H2,1-3H3. The molecule has 2 heteroatoms. The Labute approximate surface area is 89.5 Å². The van der Waals surface area contributed by atoms with Crippen LogP contribution in [0.15, 0.2) is 16.5 Å². The summed E-state index contributed by atoms with van der Waals surface area (Å²) in [6.45, 7) is 6.13. The molecule has 0 bridgehead atoms. The van der Waals surface area contributed by atoms with E-state index >= 15 is 0 Å². The van der Waals surface area contributed by atoms with Crippen molar-refractivity contribution in [2.75, 3.05) is 0 Å². The Morgan fingerprint density at radius 1 is 1.20 bits per heavy atom. The molecule has 80 valence electrons. The molecule has 2 aromatic rings. The minimum absolute atomic E-state index is 0.330. The summed E-state index contributed by atoms with van der Waals surface area (Å²) >= 11 is 0. The zero-order valence-corrected chi connectivity index (χ0v) is 9.42. The van der Waals surface area contributed by atoms with Crippen molar-refractivity contribution in [2.24, 2.45) is 0 Å². The molecule has 0 amide bonds. The molecule has 1 heterocycles. The Morgan fingerprint density at radius 3 is 2.53 bits per heavy atom. The van der Waals surface area contributed by atoms with Crippen molar-refractivity contribution in [3.63, 3.8) is 0 Å². The van der Waals surface area contributed by atoms with Crippen LogP contribution < -0.4 is 0 Å². The van der Waals surface area contributed by atoms with Gasteiger partial charge in [-0.2, -0.15) is 0 Å². The summed E-state index contributed by atoms with van der Waals surface area (Å²) < 4.78 is 5.73. The Hall–Kier alpha value is -1.44. The number of phenols is 1. The van der Waals surface area contributed by atoms with Crippen molar-refractivity contribution >= 4 is 11.0 Å². The van der Waals surface area contributed by atoms with Crippen LogP contribution in [0.25, 0.3) is 11.0 Å². The van der Waals surface area contributed by atoms with Gasteiger partial charge in [0.15, 0.2) is 0 Å². The molecule has 0 aliphatic heterocycles. The molecule has 15 heavy (non-hydrogen) atoms. The molecule has 1 N–H and O–H groups in total. The predicted octanol–water partition coefficient (Wildman–Crippen LogP) is 3.57. The van der Waals surface area contributed by atoms with Gasteiger partial charge < -0.3 is 9.52 Å². The van der Waals surface area contributed by atoms with Crippen molar-refractivity contribution in [1.29, 1.82) is 0 Å². The number of aryl methyl sites for hydroxylation is 3. The van der Waals surface area contributed by atoms with E-state index in [1.165, 1.54) is 0 Å². The SMILES string of the molecule is CCc1ccc(O)c2c(CC)c(C)oc12. The summed E-state index contributed by atoms with van der Waals surface area (Å²) in [5.41, 5.74) is 3.13. The average molecular weight is 204 g/mol. The van der Waals surface area contributed by atoms with Gasteiger partial charge in [0.25, 0.3) is 0 Å². The lowest BCUT2D eigenvalue weighted by molar-refractivity contribution is 0.480. The number of phenolic OH excluding ortho intramolecular Hbond substituents is 1. The number of benzene rings is 1. The molecule has 1 aromatic heterocycles. The van der Waals surface area contributed by atoms with E-state index in [1.807, 2.05) is 13.0 Å². The van der Waals surface area contributed by atoms with Crippen LogP contribution in [-0.2, 0) is 12.8 Å². The fourth-order valence-corrected chi connectivity index (χ4v) is 2.12. The molecule has 0 aliphatic carbocycles. The molecular weight excluding hydrogens is 188 g/mol. The van der Waals surface area contributed by atoms with Crippen molar-refractivity contribution in [2.45, 2.75) is 33.6 Å². The molecule has 1 aromatic carbocycles. The molecule has 2 nitrogen and oxygen atoms in total. The van der Waals surface area contributed by atoms with Crippen LogP contribution in [-0.4, -0.2) is 5.11 Å². The lowest BCUT2D eigenvalue weighted by atomic mass is 10.0. The maximum Gasteiger partial charge on any atom is 0.141 e. The average Bonchev–Trinajstić information content (AvgIpc) is 2.56. The van der Waals surface area contributed by atoms with Crippen LogP contribution in [0, 0.1) is 6.92 Å². The smallest absolute Gasteiger partial charge is 0.141 e. The summed E-state index contributed by atoms with van der Waals surface area (Å²) in [7, 11) is 0. The topological polar surface area (TPSA) is 33.4 Å². The maximum absolute atomic E-state index is 9.86. The number of fused-ring (bicyclic) bond motifs is 1. The van der Waals surface area contributed by atoms with Crippen LogP contribution in [0.5, 0.6) is 5.75 Å². The third-order valence-electron chi connectivity index (χ3n) is 2.93. The second-order valence-corrected chi connectivity index (χ2v) is 3.79. The van der Waals surface area contributed by atoms with Gasteiger partial charge in [-0.1, -0.05) is 19.9 Å². The van der Waals surface area contributed by atoms with E-state index in [1.54, 1.807) is 6.07 Å². The molecule has 0 aliphatic rings. The maximum atomic E-state index is 9.86. The number of hydrogen-bond donors (Lipinski definition) is 1.